The van der Waals surface area contributed by atoms with Gasteiger partial charge >= 0.3 is 22.6 Å². The molecule has 5 atom stereocenters. The lowest BCUT2D eigenvalue weighted by Gasteiger charge is -2.61. The quantitative estimate of drug-likeness (QED) is 0.648. The van der Waals surface area contributed by atoms with E-state index < -0.39 is 23.1 Å². The van der Waals surface area contributed by atoms with Crippen LogP contribution in [0.4, 0.5) is 0 Å². The van der Waals surface area contributed by atoms with E-state index >= 15 is 0 Å². The first-order valence-corrected chi connectivity index (χ1v) is 10.7. The summed E-state index contributed by atoms with van der Waals surface area (Å²) in [6.07, 6.45) is 4.83. The molecule has 3 aliphatic heterocycles. The van der Waals surface area contributed by atoms with Crippen LogP contribution in [0.25, 0.3) is 0 Å². The van der Waals surface area contributed by atoms with E-state index in [0.717, 1.165) is 30.4 Å². The third-order valence-electron chi connectivity index (χ3n) is 8.13. The molecule has 1 saturated carbocycles. The number of rotatable bonds is 3. The lowest BCUT2D eigenvalue weighted by Crippen LogP contribution is -2.70. The Balaban J connectivity index is 1.87. The Morgan fingerprint density at radius 3 is 2.43 bits per heavy atom. The second-order valence-corrected chi connectivity index (χ2v) is 10.1. The molecule has 0 aromatic rings. The fourth-order valence-corrected chi connectivity index (χ4v) is 6.93. The number of carbonyl (C=O) groups is 1. The molecule has 6 aliphatic rings. The van der Waals surface area contributed by atoms with Crippen LogP contribution in [0.15, 0.2) is 22.8 Å². The summed E-state index contributed by atoms with van der Waals surface area (Å²) in [6.45, 7) is 8.40. The van der Waals surface area contributed by atoms with E-state index in [0.29, 0.717) is 12.0 Å². The van der Waals surface area contributed by atoms with E-state index in [-0.39, 0.29) is 28.3 Å². The van der Waals surface area contributed by atoms with Gasteiger partial charge in [0.2, 0.25) is 0 Å². The first-order chi connectivity index (χ1) is 14.1. The molecule has 30 heavy (non-hydrogen) atoms. The molecular weight excluding hydrogens is 390 g/mol. The maximum absolute atomic E-state index is 13.5. The fourth-order valence-electron chi connectivity index (χ4n) is 6.93. The number of ether oxygens (including phenoxy) is 3. The highest BCUT2D eigenvalue weighted by atomic mass is 17.1. The number of esters is 1. The van der Waals surface area contributed by atoms with E-state index in [1.54, 1.807) is 0 Å². The zero-order chi connectivity index (χ0) is 21.7. The molecule has 2 saturated heterocycles. The molecule has 0 radical (unpaired) electrons. The minimum Gasteiger partial charge on any atom is -0.457 e. The topological polar surface area (TPSA) is 83.3 Å². The monoisotopic (exact) mass is 420 g/mol. The lowest BCUT2D eigenvalue weighted by molar-refractivity contribution is -0.968. The van der Waals surface area contributed by atoms with Crippen LogP contribution in [0.3, 0.4) is 0 Å². The van der Waals surface area contributed by atoms with Crippen molar-refractivity contribution in [2.45, 2.75) is 71.1 Å². The van der Waals surface area contributed by atoms with Crippen molar-refractivity contribution < 1.29 is 33.8 Å². The zero-order valence-electron chi connectivity index (χ0n) is 18.4. The highest BCUT2D eigenvalue weighted by Gasteiger charge is 2.84. The summed E-state index contributed by atoms with van der Waals surface area (Å²) < 4.78 is 17.8. The van der Waals surface area contributed by atoms with Gasteiger partial charge in [-0.15, -0.1) is 9.68 Å². The number of fused-ring (bicyclic) bond motifs is 2. The van der Waals surface area contributed by atoms with Crippen molar-refractivity contribution in [1.82, 2.24) is 0 Å². The van der Waals surface area contributed by atoms with Gasteiger partial charge in [-0.2, -0.15) is 0 Å². The van der Waals surface area contributed by atoms with Crippen molar-refractivity contribution in [3.8, 4) is 0 Å². The van der Waals surface area contributed by atoms with E-state index in [1.165, 1.54) is 14.2 Å². The summed E-state index contributed by atoms with van der Waals surface area (Å²) in [5, 5.41) is 0.0619. The molecular formula is C22H30NO7+. The third kappa shape index (κ3) is 1.98. The third-order valence-corrected chi connectivity index (χ3v) is 8.13. The Morgan fingerprint density at radius 1 is 1.13 bits per heavy atom. The molecule has 164 valence electrons. The summed E-state index contributed by atoms with van der Waals surface area (Å²) in [4.78, 5) is 37.4. The molecule has 3 unspecified atom stereocenters. The summed E-state index contributed by atoms with van der Waals surface area (Å²) in [5.74, 6) is -3.56. The van der Waals surface area contributed by atoms with Gasteiger partial charge in [0.1, 0.15) is 11.0 Å². The van der Waals surface area contributed by atoms with E-state index in [4.69, 9.17) is 23.9 Å². The smallest absolute Gasteiger partial charge is 0.457 e. The van der Waals surface area contributed by atoms with Crippen LogP contribution < -0.4 is 0 Å². The summed E-state index contributed by atoms with van der Waals surface area (Å²) in [6, 6.07) is 0. The first kappa shape index (κ1) is 20.0. The Kier molecular flexibility index (Phi) is 3.90. The van der Waals surface area contributed by atoms with Crippen LogP contribution in [0.2, 0.25) is 0 Å². The van der Waals surface area contributed by atoms with Crippen LogP contribution in [0.1, 0.15) is 53.4 Å². The van der Waals surface area contributed by atoms with Crippen LogP contribution in [0.5, 0.6) is 0 Å². The number of hydrogen-bond donors (Lipinski definition) is 0. The van der Waals surface area contributed by atoms with Gasteiger partial charge in [-0.1, -0.05) is 34.1 Å². The fraction of sp³-hybridized carbons (Fsp3) is 0.773. The van der Waals surface area contributed by atoms with Gasteiger partial charge in [-0.3, -0.25) is 4.79 Å². The number of hydrogen-bond acceptors (Lipinski definition) is 7. The highest BCUT2D eigenvalue weighted by molar-refractivity contribution is 5.87. The molecule has 3 heterocycles. The van der Waals surface area contributed by atoms with Gasteiger partial charge in [0.15, 0.2) is 0 Å². The molecule has 0 amide bonds. The van der Waals surface area contributed by atoms with Gasteiger partial charge in [-0.25, -0.2) is 0 Å². The SMILES string of the molecule is COC12O[N+](=O)OC1(OC)C1=C(C=C2C(C)C)C2C[C@H]3C(C)(C)CCC[C@]13C(=O)O2. The Bertz CT molecular complexity index is 905. The zero-order valence-corrected chi connectivity index (χ0v) is 18.4. The molecule has 0 N–H and O–H groups in total. The average Bonchev–Trinajstić information content (AvgIpc) is 3.00. The van der Waals surface area contributed by atoms with Crippen molar-refractivity contribution in [1.29, 1.82) is 0 Å². The number of carbonyl (C=O) groups excluding carboxylic acids is 1. The largest absolute Gasteiger partial charge is 0.484 e. The van der Waals surface area contributed by atoms with Crippen LogP contribution in [0, 0.1) is 27.6 Å². The van der Waals surface area contributed by atoms with Gasteiger partial charge in [0.25, 0.3) is 0 Å². The van der Waals surface area contributed by atoms with Crippen LogP contribution >= 0.6 is 0 Å². The molecule has 6 rings (SSSR count). The minimum atomic E-state index is -1.70. The summed E-state index contributed by atoms with van der Waals surface area (Å²) >= 11 is 0. The maximum Gasteiger partial charge on any atom is 0.484 e. The van der Waals surface area contributed by atoms with Crippen molar-refractivity contribution >= 4 is 5.97 Å². The predicted octanol–water partition coefficient (Wildman–Crippen LogP) is 3.36. The Morgan fingerprint density at radius 2 is 1.80 bits per heavy atom. The van der Waals surface area contributed by atoms with Gasteiger partial charge in [0, 0.05) is 30.9 Å². The van der Waals surface area contributed by atoms with E-state index in [1.807, 2.05) is 19.9 Å². The van der Waals surface area contributed by atoms with Crippen molar-refractivity contribution in [2.24, 2.45) is 22.7 Å². The number of nitrogens with zero attached hydrogens (tertiary/aromatic N) is 1. The normalized spacial score (nSPS) is 43.4. The van der Waals surface area contributed by atoms with Crippen molar-refractivity contribution in [3.05, 3.63) is 27.7 Å². The molecule has 1 spiro atoms. The molecule has 2 bridgehead atoms. The second kappa shape index (κ2) is 5.85. The molecule has 3 aliphatic carbocycles. The average molecular weight is 420 g/mol. The Hall–Kier alpha value is -1.93. The van der Waals surface area contributed by atoms with E-state index in [9.17, 15) is 9.70 Å². The molecule has 8 nitrogen and oxygen atoms in total. The van der Waals surface area contributed by atoms with Crippen LogP contribution in [-0.2, 0) is 28.7 Å². The molecule has 0 aromatic carbocycles. The molecule has 8 heteroatoms. The number of methoxy groups -OCH3 is 2. The molecule has 0 aromatic heterocycles. The van der Waals surface area contributed by atoms with Crippen LogP contribution in [-0.4, -0.2) is 43.0 Å². The van der Waals surface area contributed by atoms with Gasteiger partial charge < -0.3 is 14.2 Å². The molecule has 3 fully saturated rings. The maximum atomic E-state index is 13.5. The van der Waals surface area contributed by atoms with E-state index in [2.05, 4.69) is 13.8 Å². The predicted molar refractivity (Wildman–Crippen MR) is 103 cm³/mol. The summed E-state index contributed by atoms with van der Waals surface area (Å²) in [5.41, 5.74) is 1.21. The van der Waals surface area contributed by atoms with Crippen molar-refractivity contribution in [3.63, 3.8) is 0 Å². The lowest BCUT2D eigenvalue weighted by atomic mass is 9.45. The Labute approximate surface area is 176 Å². The summed E-state index contributed by atoms with van der Waals surface area (Å²) in [7, 11) is 2.94. The second-order valence-electron chi connectivity index (χ2n) is 10.1. The van der Waals surface area contributed by atoms with Gasteiger partial charge in [-0.05, 0) is 42.6 Å². The standard InChI is InChI=1S/C22H30NO7/c1-12(2)14-10-13-15-11-16-19(3,4)8-7-9-20(16,18(24)28-15)17(13)22(27-6)21(14,26-5)29-23(25)30-22/h10,12,15-16H,7-9,11H2,1-6H3/q+1/t15?,16-,20+,21?,22?/m0/s1. The first-order valence-electron chi connectivity index (χ1n) is 10.7. The van der Waals surface area contributed by atoms with Gasteiger partial charge in [0.05, 0.1) is 5.41 Å². The minimum absolute atomic E-state index is 0.0316. The highest BCUT2D eigenvalue weighted by Crippen LogP contribution is 2.69. The van der Waals surface area contributed by atoms with Crippen molar-refractivity contribution in [2.75, 3.05) is 14.2 Å².